The van der Waals surface area contributed by atoms with Crippen LogP contribution in [0.25, 0.3) is 0 Å². The number of hydrogen-bond acceptors (Lipinski definition) is 3. The van der Waals surface area contributed by atoms with Crippen LogP contribution in [0.5, 0.6) is 0 Å². The fourth-order valence-corrected chi connectivity index (χ4v) is 5.22. The molecule has 37 heavy (non-hydrogen) atoms. The maximum atomic E-state index is 11.9. The molecule has 222 valence electrons. The van der Waals surface area contributed by atoms with Gasteiger partial charge in [-0.15, -0.1) is 0 Å². The number of esters is 1. The van der Waals surface area contributed by atoms with Crippen molar-refractivity contribution in [2.24, 2.45) is 11.7 Å². The molecule has 0 atom stereocenters. The number of nitrogens with two attached hydrogens (primary N) is 1. The van der Waals surface area contributed by atoms with Crippen LogP contribution >= 0.6 is 0 Å². The van der Waals surface area contributed by atoms with Gasteiger partial charge in [0.15, 0.2) is 0 Å². The van der Waals surface area contributed by atoms with Gasteiger partial charge in [0.05, 0.1) is 6.61 Å². The molecule has 0 spiro atoms. The fraction of sp³-hybridized carbons (Fsp3) is 0.971. The van der Waals surface area contributed by atoms with E-state index in [0.29, 0.717) is 13.0 Å². The highest BCUT2D eigenvalue weighted by Crippen LogP contribution is 2.15. The van der Waals surface area contributed by atoms with Gasteiger partial charge in [0.2, 0.25) is 0 Å². The normalized spacial score (nSPS) is 11.5. The number of carbonyl (C=O) groups excluding carboxylic acids is 1. The SMILES string of the molecule is CC(C)CCCCCCCCCCCCCCC(=O)OCCCCCCCCCCCCCCCCN. The van der Waals surface area contributed by atoms with Crippen LogP contribution in [0.15, 0.2) is 0 Å². The second-order valence-electron chi connectivity index (χ2n) is 12.1. The molecule has 0 aliphatic carbocycles. The molecule has 0 amide bonds. The van der Waals surface area contributed by atoms with E-state index in [4.69, 9.17) is 10.5 Å². The minimum atomic E-state index is 0.0211. The van der Waals surface area contributed by atoms with Crippen molar-refractivity contribution in [3.05, 3.63) is 0 Å². The Kier molecular flexibility index (Phi) is 31.2. The monoisotopic (exact) mass is 524 g/mol. The van der Waals surface area contributed by atoms with Gasteiger partial charge in [-0.3, -0.25) is 4.79 Å². The lowest BCUT2D eigenvalue weighted by molar-refractivity contribution is -0.143. The average Bonchev–Trinajstić information content (AvgIpc) is 2.88. The van der Waals surface area contributed by atoms with Crippen molar-refractivity contribution in [1.29, 1.82) is 0 Å². The molecular formula is C34H69NO2. The zero-order valence-electron chi connectivity index (χ0n) is 25.7. The summed E-state index contributed by atoms with van der Waals surface area (Å²) in [5.74, 6) is 0.889. The molecular weight excluding hydrogens is 454 g/mol. The zero-order chi connectivity index (χ0) is 27.1. The van der Waals surface area contributed by atoms with E-state index < -0.39 is 0 Å². The Bertz CT molecular complexity index is 438. The third kappa shape index (κ3) is 33.4. The average molecular weight is 524 g/mol. The number of ether oxygens (including phenoxy) is 1. The largest absolute Gasteiger partial charge is 0.466 e. The summed E-state index contributed by atoms with van der Waals surface area (Å²) in [6.07, 6.45) is 36.6. The molecule has 0 aliphatic rings. The van der Waals surface area contributed by atoms with Crippen LogP contribution in [0, 0.1) is 5.92 Å². The summed E-state index contributed by atoms with van der Waals surface area (Å²) in [7, 11) is 0. The quantitative estimate of drug-likeness (QED) is 0.0726. The number of unbranched alkanes of at least 4 members (excludes halogenated alkanes) is 24. The van der Waals surface area contributed by atoms with Gasteiger partial charge in [0.25, 0.3) is 0 Å². The molecule has 0 fully saturated rings. The summed E-state index contributed by atoms with van der Waals surface area (Å²) in [6.45, 7) is 6.13. The first-order chi connectivity index (χ1) is 18.2. The molecule has 3 nitrogen and oxygen atoms in total. The molecule has 0 aromatic carbocycles. The Hall–Kier alpha value is -0.570. The van der Waals surface area contributed by atoms with E-state index in [1.165, 1.54) is 161 Å². The third-order valence-electron chi connectivity index (χ3n) is 7.77. The molecule has 0 rings (SSSR count). The molecule has 0 aromatic heterocycles. The summed E-state index contributed by atoms with van der Waals surface area (Å²) in [5.41, 5.74) is 5.53. The first-order valence-corrected chi connectivity index (χ1v) is 17.0. The smallest absolute Gasteiger partial charge is 0.305 e. The van der Waals surface area contributed by atoms with Crippen LogP contribution in [0.4, 0.5) is 0 Å². The van der Waals surface area contributed by atoms with Crippen molar-refractivity contribution < 1.29 is 9.53 Å². The lowest BCUT2D eigenvalue weighted by Crippen LogP contribution is -2.05. The Balaban J connectivity index is 3.15. The van der Waals surface area contributed by atoms with Gasteiger partial charge in [-0.2, -0.15) is 0 Å². The Morgan fingerprint density at radius 1 is 0.486 bits per heavy atom. The molecule has 0 bridgehead atoms. The minimum Gasteiger partial charge on any atom is -0.466 e. The van der Waals surface area contributed by atoms with Crippen LogP contribution < -0.4 is 5.73 Å². The number of carbonyl (C=O) groups is 1. The van der Waals surface area contributed by atoms with Gasteiger partial charge < -0.3 is 10.5 Å². The molecule has 0 saturated heterocycles. The molecule has 0 aromatic rings. The highest BCUT2D eigenvalue weighted by atomic mass is 16.5. The van der Waals surface area contributed by atoms with Crippen LogP contribution in [0.1, 0.15) is 194 Å². The fourth-order valence-electron chi connectivity index (χ4n) is 5.22. The summed E-state index contributed by atoms with van der Waals surface area (Å²) < 4.78 is 5.43. The maximum absolute atomic E-state index is 11.9. The van der Waals surface area contributed by atoms with Gasteiger partial charge in [-0.1, -0.05) is 168 Å². The highest BCUT2D eigenvalue weighted by Gasteiger charge is 2.03. The van der Waals surface area contributed by atoms with E-state index in [0.717, 1.165) is 25.3 Å². The lowest BCUT2D eigenvalue weighted by Gasteiger charge is -2.06. The summed E-state index contributed by atoms with van der Waals surface area (Å²) >= 11 is 0. The highest BCUT2D eigenvalue weighted by molar-refractivity contribution is 5.69. The van der Waals surface area contributed by atoms with Crippen molar-refractivity contribution in [2.75, 3.05) is 13.2 Å². The van der Waals surface area contributed by atoms with Gasteiger partial charge in [-0.25, -0.2) is 0 Å². The van der Waals surface area contributed by atoms with Crippen molar-refractivity contribution in [3.63, 3.8) is 0 Å². The van der Waals surface area contributed by atoms with E-state index in [1.54, 1.807) is 0 Å². The second-order valence-corrected chi connectivity index (χ2v) is 12.1. The van der Waals surface area contributed by atoms with Crippen molar-refractivity contribution in [3.8, 4) is 0 Å². The summed E-state index contributed by atoms with van der Waals surface area (Å²) in [4.78, 5) is 11.9. The molecule has 0 saturated carbocycles. The molecule has 0 heterocycles. The van der Waals surface area contributed by atoms with Gasteiger partial charge >= 0.3 is 5.97 Å². The Morgan fingerprint density at radius 3 is 1.19 bits per heavy atom. The van der Waals surface area contributed by atoms with E-state index >= 15 is 0 Å². The maximum Gasteiger partial charge on any atom is 0.305 e. The molecule has 0 radical (unpaired) electrons. The molecule has 0 aliphatic heterocycles. The van der Waals surface area contributed by atoms with E-state index in [1.807, 2.05) is 0 Å². The van der Waals surface area contributed by atoms with Crippen molar-refractivity contribution in [1.82, 2.24) is 0 Å². The Morgan fingerprint density at radius 2 is 0.811 bits per heavy atom. The van der Waals surface area contributed by atoms with Crippen molar-refractivity contribution >= 4 is 5.97 Å². The van der Waals surface area contributed by atoms with Gasteiger partial charge in [-0.05, 0) is 31.7 Å². The van der Waals surface area contributed by atoms with E-state index in [-0.39, 0.29) is 5.97 Å². The van der Waals surface area contributed by atoms with Gasteiger partial charge in [0, 0.05) is 6.42 Å². The Labute approximate surface area is 233 Å². The molecule has 0 unspecified atom stereocenters. The topological polar surface area (TPSA) is 52.3 Å². The predicted molar refractivity (Wildman–Crippen MR) is 164 cm³/mol. The first kappa shape index (κ1) is 36.4. The third-order valence-corrected chi connectivity index (χ3v) is 7.77. The lowest BCUT2D eigenvalue weighted by atomic mass is 10.0. The summed E-state index contributed by atoms with van der Waals surface area (Å²) in [5, 5.41) is 0. The molecule has 2 N–H and O–H groups in total. The van der Waals surface area contributed by atoms with E-state index in [2.05, 4.69) is 13.8 Å². The second kappa shape index (κ2) is 31.6. The van der Waals surface area contributed by atoms with Crippen LogP contribution in [0.3, 0.4) is 0 Å². The van der Waals surface area contributed by atoms with Gasteiger partial charge in [0.1, 0.15) is 0 Å². The first-order valence-electron chi connectivity index (χ1n) is 17.0. The summed E-state index contributed by atoms with van der Waals surface area (Å²) in [6, 6.07) is 0. The van der Waals surface area contributed by atoms with Crippen LogP contribution in [-0.4, -0.2) is 19.1 Å². The predicted octanol–water partition coefficient (Wildman–Crippen LogP) is 11.1. The van der Waals surface area contributed by atoms with Crippen LogP contribution in [0.2, 0.25) is 0 Å². The van der Waals surface area contributed by atoms with Crippen LogP contribution in [-0.2, 0) is 9.53 Å². The number of hydrogen-bond donors (Lipinski definition) is 1. The zero-order valence-corrected chi connectivity index (χ0v) is 25.7. The standard InChI is InChI=1S/C34H69NO2/c1-33(2)29-25-21-17-13-9-5-6-10-14-18-22-26-30-34(36)37-32-28-24-20-16-12-8-4-3-7-11-15-19-23-27-31-35/h33H,3-32,35H2,1-2H3. The van der Waals surface area contributed by atoms with Crippen molar-refractivity contribution in [2.45, 2.75) is 194 Å². The molecule has 3 heteroatoms. The van der Waals surface area contributed by atoms with E-state index in [9.17, 15) is 4.79 Å². The minimum absolute atomic E-state index is 0.0211. The number of rotatable bonds is 31.